The molecule has 5 rings (SSSR count). The van der Waals surface area contributed by atoms with Crippen LogP contribution in [0.4, 0.5) is 19.0 Å². The molecule has 1 aliphatic heterocycles. The number of aryl methyl sites for hydroxylation is 1. The molecule has 0 radical (unpaired) electrons. The number of amides is 1. The van der Waals surface area contributed by atoms with Crippen molar-refractivity contribution >= 4 is 17.7 Å². The van der Waals surface area contributed by atoms with E-state index in [4.69, 9.17) is 0 Å². The highest BCUT2D eigenvalue weighted by Crippen LogP contribution is 2.32. The van der Waals surface area contributed by atoms with Gasteiger partial charge < -0.3 is 15.5 Å². The van der Waals surface area contributed by atoms with Crippen LogP contribution in [0.15, 0.2) is 65.7 Å². The average Bonchev–Trinajstić information content (AvgIpc) is 3.81. The minimum Gasteiger partial charge on any atom is -0.358 e. The van der Waals surface area contributed by atoms with Crippen molar-refractivity contribution in [3.63, 3.8) is 0 Å². The zero-order valence-electron chi connectivity index (χ0n) is 22.4. The summed E-state index contributed by atoms with van der Waals surface area (Å²) in [7, 11) is 0. The van der Waals surface area contributed by atoms with E-state index >= 15 is 0 Å². The van der Waals surface area contributed by atoms with Gasteiger partial charge in [0.15, 0.2) is 5.82 Å². The zero-order valence-corrected chi connectivity index (χ0v) is 22.4. The third-order valence-electron chi connectivity index (χ3n) is 7.35. The molecule has 1 aliphatic carbocycles. The van der Waals surface area contributed by atoms with Gasteiger partial charge >= 0.3 is 12.1 Å². The molecule has 2 aliphatic rings. The Bertz CT molecular complexity index is 1470. The Labute approximate surface area is 234 Å². The van der Waals surface area contributed by atoms with E-state index in [2.05, 4.69) is 20.5 Å². The van der Waals surface area contributed by atoms with Gasteiger partial charge in [-0.05, 0) is 74.9 Å². The Morgan fingerprint density at radius 2 is 1.80 bits per heavy atom. The predicted octanol–water partition coefficient (Wildman–Crippen LogP) is 4.32. The summed E-state index contributed by atoms with van der Waals surface area (Å²) in [6.07, 6.45) is 0.367. The molecule has 0 unspecified atom stereocenters. The zero-order chi connectivity index (χ0) is 29.1. The van der Waals surface area contributed by atoms with Crippen LogP contribution >= 0.6 is 0 Å². The van der Waals surface area contributed by atoms with Crippen LogP contribution in [0.5, 0.6) is 0 Å². The molecule has 9 nitrogen and oxygen atoms in total. The number of hydrogen-bond acceptors (Lipinski definition) is 7. The Balaban J connectivity index is 1.45. The molecular formula is C29H30F3N5O4. The summed E-state index contributed by atoms with van der Waals surface area (Å²) in [6.45, 7) is 3.49. The molecule has 2 fully saturated rings. The van der Waals surface area contributed by atoms with E-state index in [1.165, 1.54) is 29.1 Å². The lowest BCUT2D eigenvalue weighted by Gasteiger charge is -2.32. The van der Waals surface area contributed by atoms with Crippen molar-refractivity contribution in [2.75, 3.05) is 18.4 Å². The van der Waals surface area contributed by atoms with E-state index < -0.39 is 29.7 Å². The third-order valence-corrected chi connectivity index (χ3v) is 7.35. The molecule has 12 heteroatoms. The number of halogens is 3. The highest BCUT2D eigenvalue weighted by atomic mass is 19.4. The van der Waals surface area contributed by atoms with Crippen LogP contribution in [0, 0.1) is 12.8 Å². The van der Waals surface area contributed by atoms with Gasteiger partial charge in [0.1, 0.15) is 0 Å². The van der Waals surface area contributed by atoms with E-state index in [1.807, 2.05) is 30.3 Å². The molecule has 1 aromatic heterocycles. The van der Waals surface area contributed by atoms with Gasteiger partial charge in [-0.1, -0.05) is 36.4 Å². The fourth-order valence-electron chi connectivity index (χ4n) is 5.02. The number of nitrogens with one attached hydrogen (secondary N) is 2. The van der Waals surface area contributed by atoms with Crippen LogP contribution in [0.1, 0.15) is 53.2 Å². The molecule has 3 aromatic rings. The van der Waals surface area contributed by atoms with Crippen LogP contribution < -0.4 is 16.2 Å². The summed E-state index contributed by atoms with van der Waals surface area (Å²) >= 11 is 0. The van der Waals surface area contributed by atoms with Gasteiger partial charge in [-0.3, -0.25) is 14.2 Å². The maximum Gasteiger partial charge on any atom is 0.493 e. The SMILES string of the molecule is Cc1ccc(C(=O)N(OC(=O)C(F)(F)F)C2CC2)cc1-n1ccnc(N[C@@H](c2ccccc2)C2CCNCC2)c1=O. The minimum atomic E-state index is -5.24. The minimum absolute atomic E-state index is 0.0254. The van der Waals surface area contributed by atoms with Crippen LogP contribution in [-0.4, -0.2) is 51.8 Å². The van der Waals surface area contributed by atoms with Crippen LogP contribution in [0.25, 0.3) is 5.69 Å². The van der Waals surface area contributed by atoms with Crippen molar-refractivity contribution in [2.45, 2.75) is 50.9 Å². The Kier molecular flexibility index (Phi) is 8.11. The van der Waals surface area contributed by atoms with Crippen molar-refractivity contribution in [3.05, 3.63) is 88.0 Å². The van der Waals surface area contributed by atoms with Gasteiger partial charge in [0.25, 0.3) is 11.5 Å². The normalized spacial score (nSPS) is 16.6. The molecule has 2 aromatic carbocycles. The highest BCUT2D eigenvalue weighted by molar-refractivity contribution is 5.95. The van der Waals surface area contributed by atoms with Gasteiger partial charge in [-0.15, -0.1) is 0 Å². The van der Waals surface area contributed by atoms with Crippen LogP contribution in [-0.2, 0) is 9.63 Å². The first-order valence-corrected chi connectivity index (χ1v) is 13.5. The highest BCUT2D eigenvalue weighted by Gasteiger charge is 2.46. The molecule has 0 spiro atoms. The molecule has 41 heavy (non-hydrogen) atoms. The van der Waals surface area contributed by atoms with Crippen molar-refractivity contribution in [3.8, 4) is 5.69 Å². The second kappa shape index (κ2) is 11.7. The number of hydroxylamine groups is 2. The van der Waals surface area contributed by atoms with E-state index in [-0.39, 0.29) is 23.3 Å². The van der Waals surface area contributed by atoms with Gasteiger partial charge in [-0.2, -0.15) is 18.2 Å². The standard InChI is InChI=1S/C29H30F3N5O4/c1-18-7-8-21(26(38)37(22-9-10-22)41-28(40)29(30,31)32)17-23(18)36-16-15-34-25(27(36)39)35-24(19-5-3-2-4-6-19)20-11-13-33-14-12-20/h2-8,15-17,20,22,24,33H,9-14H2,1H3,(H,34,35)/t24-/m0/s1. The molecule has 2 N–H and O–H groups in total. The Morgan fingerprint density at radius 1 is 1.10 bits per heavy atom. The quantitative estimate of drug-likeness (QED) is 0.409. The maximum atomic E-state index is 13.7. The number of rotatable bonds is 7. The second-order valence-electron chi connectivity index (χ2n) is 10.3. The average molecular weight is 570 g/mol. The largest absolute Gasteiger partial charge is 0.493 e. The van der Waals surface area contributed by atoms with Crippen LogP contribution in [0.3, 0.4) is 0 Å². The number of aromatic nitrogens is 2. The van der Waals surface area contributed by atoms with Crippen molar-refractivity contribution in [1.29, 1.82) is 0 Å². The first-order chi connectivity index (χ1) is 19.6. The molecule has 1 saturated carbocycles. The van der Waals surface area contributed by atoms with Crippen LogP contribution in [0.2, 0.25) is 0 Å². The number of carbonyl (C=O) groups is 2. The summed E-state index contributed by atoms with van der Waals surface area (Å²) in [4.78, 5) is 47.1. The fourth-order valence-corrected chi connectivity index (χ4v) is 5.02. The van der Waals surface area contributed by atoms with Crippen molar-refractivity contribution in [2.24, 2.45) is 5.92 Å². The molecule has 2 heterocycles. The van der Waals surface area contributed by atoms with E-state index in [9.17, 15) is 27.6 Å². The Morgan fingerprint density at radius 3 is 2.46 bits per heavy atom. The van der Waals surface area contributed by atoms with Crippen molar-refractivity contribution < 1.29 is 27.6 Å². The number of carbonyl (C=O) groups excluding carboxylic acids is 2. The first kappa shape index (κ1) is 28.3. The number of benzene rings is 2. The van der Waals surface area contributed by atoms with E-state index in [0.29, 0.717) is 29.2 Å². The van der Waals surface area contributed by atoms with Gasteiger partial charge in [-0.25, -0.2) is 9.78 Å². The molecule has 1 atom stereocenters. The summed E-state index contributed by atoms with van der Waals surface area (Å²) in [5.41, 5.74) is 1.56. The number of hydrogen-bond donors (Lipinski definition) is 2. The second-order valence-corrected chi connectivity index (χ2v) is 10.3. The lowest BCUT2D eigenvalue weighted by Crippen LogP contribution is -2.40. The third kappa shape index (κ3) is 6.43. The molecule has 1 amide bonds. The Hall–Kier alpha value is -4.19. The van der Waals surface area contributed by atoms with Gasteiger partial charge in [0.05, 0.1) is 17.8 Å². The smallest absolute Gasteiger partial charge is 0.358 e. The predicted molar refractivity (Wildman–Crippen MR) is 144 cm³/mol. The lowest BCUT2D eigenvalue weighted by molar-refractivity contribution is -0.230. The molecule has 216 valence electrons. The lowest BCUT2D eigenvalue weighted by atomic mass is 9.86. The fraction of sp³-hybridized carbons (Fsp3) is 0.379. The summed E-state index contributed by atoms with van der Waals surface area (Å²) in [5.74, 6) is -2.96. The monoisotopic (exact) mass is 569 g/mol. The van der Waals surface area contributed by atoms with E-state index in [1.54, 1.807) is 13.0 Å². The molecule has 1 saturated heterocycles. The maximum absolute atomic E-state index is 13.7. The summed E-state index contributed by atoms with van der Waals surface area (Å²) in [6, 6.07) is 13.5. The number of piperidine rings is 1. The molecular weight excluding hydrogens is 539 g/mol. The van der Waals surface area contributed by atoms with E-state index in [0.717, 1.165) is 31.5 Å². The van der Waals surface area contributed by atoms with Gasteiger partial charge in [0.2, 0.25) is 0 Å². The number of alkyl halides is 3. The van der Waals surface area contributed by atoms with Gasteiger partial charge in [0, 0.05) is 18.0 Å². The number of nitrogens with zero attached hydrogens (tertiary/aromatic N) is 3. The topological polar surface area (TPSA) is 106 Å². The van der Waals surface area contributed by atoms with Crippen molar-refractivity contribution in [1.82, 2.24) is 19.9 Å². The summed E-state index contributed by atoms with van der Waals surface area (Å²) in [5, 5.41) is 7.21. The summed E-state index contributed by atoms with van der Waals surface area (Å²) < 4.78 is 39.8. The molecule has 0 bridgehead atoms. The first-order valence-electron chi connectivity index (χ1n) is 13.5. The number of anilines is 1.